The molecule has 10 rings (SSSR count). The molecule has 2 aromatic carbocycles. The standard InChI is InChI=1S/C27H31FN6O3S.C23H24FN5OS/c1-16-23(20-7-6-17(28)12-21(20)36-5)24-22(38-16)14-29-25(32-24)31-18-13-30-34(15-18)19-8-10-33(11-9-19)26(35)37-27(2,3)4;1-14-21(18-9-8-15(24)10-19(18)30-2)22-20(31-14)12-25-23(28-22)27-16-11-26-29(13-16)17-6-4-3-5-7-17/h6-7,12-15,19H,8-11H2,1-5H3,(H,29,31,32);8-13,17H,3-7H2,1-2H3,(H,25,27,28)/i14D;12D. The maximum Gasteiger partial charge on any atom is 0.410 e. The third kappa shape index (κ3) is 10.6. The smallest absolute Gasteiger partial charge is 0.410 e. The van der Waals surface area contributed by atoms with Gasteiger partial charge in [0.15, 0.2) is 0 Å². The Morgan fingerprint density at radius 2 is 1.19 bits per heavy atom. The van der Waals surface area contributed by atoms with Gasteiger partial charge in [-0.05, 0) is 84.6 Å². The topological polar surface area (TPSA) is 159 Å². The largest absolute Gasteiger partial charge is 0.496 e. The highest BCUT2D eigenvalue weighted by molar-refractivity contribution is 7.20. The molecule has 0 atom stereocenters. The highest BCUT2D eigenvalue weighted by Gasteiger charge is 2.28. The lowest BCUT2D eigenvalue weighted by atomic mass is 9.96. The summed E-state index contributed by atoms with van der Waals surface area (Å²) in [6, 6.07) is 9.43. The number of aryl methyl sites for hydroxylation is 2. The van der Waals surface area contributed by atoms with Crippen LogP contribution in [0.5, 0.6) is 11.5 Å². The molecule has 6 aromatic heterocycles. The van der Waals surface area contributed by atoms with Crippen LogP contribution in [0.25, 0.3) is 42.7 Å². The molecule has 2 N–H and O–H groups in total. The van der Waals surface area contributed by atoms with Gasteiger partial charge in [0.1, 0.15) is 28.7 Å². The van der Waals surface area contributed by atoms with Crippen molar-refractivity contribution in [2.45, 2.75) is 97.2 Å². The Balaban J connectivity index is 0.000000179. The molecule has 0 unspecified atom stereocenters. The first-order valence-corrected chi connectivity index (χ1v) is 24.5. The number of nitrogens with one attached hydrogen (secondary N) is 2. The lowest BCUT2D eigenvalue weighted by Gasteiger charge is -2.33. The number of hydrogen-bond acceptors (Lipinski definition) is 14. The normalized spacial score (nSPS) is 15.1. The van der Waals surface area contributed by atoms with Crippen LogP contribution in [0.3, 0.4) is 0 Å². The number of carbonyl (C=O) groups excluding carboxylic acids is 1. The average molecular weight is 978 g/mol. The zero-order valence-corrected chi connectivity index (χ0v) is 41.2. The average Bonchev–Trinajstić information content (AvgIpc) is 4.15. The third-order valence-electron chi connectivity index (χ3n) is 12.1. The Labute approximate surface area is 409 Å². The maximum atomic E-state index is 13.8. The number of aromatic nitrogens is 8. The van der Waals surface area contributed by atoms with Gasteiger partial charge in [0.25, 0.3) is 0 Å². The highest BCUT2D eigenvalue weighted by Crippen LogP contribution is 2.43. The Bertz CT molecular complexity index is 3230. The van der Waals surface area contributed by atoms with E-state index in [2.05, 4.69) is 30.8 Å². The number of nitrogens with zero attached hydrogens (tertiary/aromatic N) is 9. The van der Waals surface area contributed by atoms with Gasteiger partial charge in [0, 0.05) is 69.6 Å². The van der Waals surface area contributed by atoms with Gasteiger partial charge >= 0.3 is 6.09 Å². The maximum absolute atomic E-state index is 13.8. The molecule has 69 heavy (non-hydrogen) atoms. The molecule has 7 heterocycles. The van der Waals surface area contributed by atoms with Crippen LogP contribution in [0.1, 0.15) is 90.3 Å². The Morgan fingerprint density at radius 1 is 0.725 bits per heavy atom. The number of carbonyl (C=O) groups is 1. The number of piperidine rings is 1. The number of fused-ring (bicyclic) bond motifs is 2. The number of likely N-dealkylation sites (tertiary alicyclic amines) is 1. The van der Waals surface area contributed by atoms with Gasteiger partial charge in [0.05, 0.1) is 85.6 Å². The Kier molecular flexibility index (Phi) is 13.0. The summed E-state index contributed by atoms with van der Waals surface area (Å²) in [5.74, 6) is 0.685. The van der Waals surface area contributed by atoms with Crippen LogP contribution in [0.15, 0.2) is 73.5 Å². The van der Waals surface area contributed by atoms with Crippen molar-refractivity contribution in [2.24, 2.45) is 0 Å². The van der Waals surface area contributed by atoms with Crippen molar-refractivity contribution in [3.63, 3.8) is 0 Å². The molecule has 0 radical (unpaired) electrons. The Hall–Kier alpha value is -6.73. The van der Waals surface area contributed by atoms with E-state index in [1.165, 1.54) is 80.4 Å². The molecular formula is C50H55F2N11O4S2. The fourth-order valence-electron chi connectivity index (χ4n) is 8.84. The zero-order chi connectivity index (χ0) is 50.1. The summed E-state index contributed by atoms with van der Waals surface area (Å²) in [7, 11) is 3.02. The van der Waals surface area contributed by atoms with Crippen LogP contribution in [0.4, 0.5) is 36.8 Å². The summed E-state index contributed by atoms with van der Waals surface area (Å²) in [6.07, 6.45) is 14.9. The molecule has 0 spiro atoms. The summed E-state index contributed by atoms with van der Waals surface area (Å²) in [6.45, 7) is 10.7. The monoisotopic (exact) mass is 977 g/mol. The summed E-state index contributed by atoms with van der Waals surface area (Å²) < 4.78 is 66.1. The van der Waals surface area contributed by atoms with Gasteiger partial charge in [0.2, 0.25) is 11.9 Å². The van der Waals surface area contributed by atoms with E-state index in [-0.39, 0.29) is 36.2 Å². The summed E-state index contributed by atoms with van der Waals surface area (Å²) in [4.78, 5) is 34.2. The van der Waals surface area contributed by atoms with E-state index in [1.807, 2.05) is 56.4 Å². The quantitative estimate of drug-likeness (QED) is 0.134. The molecular weight excluding hydrogens is 921 g/mol. The Morgan fingerprint density at radius 3 is 1.64 bits per heavy atom. The number of hydrogen-bond donors (Lipinski definition) is 2. The summed E-state index contributed by atoms with van der Waals surface area (Å²) in [5.41, 5.74) is 5.29. The number of anilines is 4. The van der Waals surface area contributed by atoms with Crippen molar-refractivity contribution < 1.29 is 30.5 Å². The van der Waals surface area contributed by atoms with E-state index >= 15 is 0 Å². The van der Waals surface area contributed by atoms with Gasteiger partial charge in [-0.25, -0.2) is 33.5 Å². The van der Waals surface area contributed by atoms with E-state index in [4.69, 9.17) is 26.9 Å². The van der Waals surface area contributed by atoms with Gasteiger partial charge in [-0.3, -0.25) is 9.36 Å². The number of ether oxygens (including phenoxy) is 3. The van der Waals surface area contributed by atoms with E-state index in [1.54, 1.807) is 29.4 Å². The minimum absolute atomic E-state index is 0.102. The molecule has 19 heteroatoms. The van der Waals surface area contributed by atoms with E-state index < -0.39 is 11.4 Å². The second-order valence-electron chi connectivity index (χ2n) is 18.1. The van der Waals surface area contributed by atoms with Crippen molar-refractivity contribution in [3.05, 3.63) is 94.9 Å². The van der Waals surface area contributed by atoms with Crippen LogP contribution >= 0.6 is 22.7 Å². The van der Waals surface area contributed by atoms with E-state index in [9.17, 15) is 13.6 Å². The number of thiophene rings is 2. The molecule has 1 saturated carbocycles. The van der Waals surface area contributed by atoms with Crippen molar-refractivity contribution in [1.82, 2.24) is 44.4 Å². The van der Waals surface area contributed by atoms with E-state index in [0.717, 1.165) is 57.8 Å². The van der Waals surface area contributed by atoms with Crippen molar-refractivity contribution in [3.8, 4) is 33.8 Å². The van der Waals surface area contributed by atoms with Crippen LogP contribution in [-0.4, -0.2) is 83.4 Å². The lowest BCUT2D eigenvalue weighted by molar-refractivity contribution is 0.0184. The number of rotatable bonds is 10. The van der Waals surface area contributed by atoms with Crippen molar-refractivity contribution in [1.29, 1.82) is 0 Å². The number of methoxy groups -OCH3 is 2. The number of amides is 1. The van der Waals surface area contributed by atoms with Crippen LogP contribution < -0.4 is 20.1 Å². The summed E-state index contributed by atoms with van der Waals surface area (Å²) >= 11 is 2.88. The predicted molar refractivity (Wildman–Crippen MR) is 267 cm³/mol. The fourth-order valence-corrected chi connectivity index (χ4v) is 10.7. The SMILES string of the molecule is [2H]c1nc(Nc2cnn(C3CCCCC3)c2)nc2c(-c3ccc(F)cc3OC)c(C)sc12.[2H]c1nc(Nc2cnn(C3CCN(C(=O)OC(C)(C)C)CC3)c2)nc2c(-c3ccc(F)cc3OC)c(C)sc12. The first kappa shape index (κ1) is 44.8. The minimum atomic E-state index is -0.520. The molecule has 2 aliphatic rings. The molecule has 0 bridgehead atoms. The van der Waals surface area contributed by atoms with Gasteiger partial charge in [-0.2, -0.15) is 10.2 Å². The molecule has 8 aromatic rings. The van der Waals surface area contributed by atoms with Gasteiger partial charge in [-0.15, -0.1) is 22.7 Å². The molecule has 1 aliphatic carbocycles. The van der Waals surface area contributed by atoms with Gasteiger partial charge < -0.3 is 29.7 Å². The molecule has 1 saturated heterocycles. The first-order chi connectivity index (χ1) is 34.0. The molecule has 1 aliphatic heterocycles. The molecule has 1 amide bonds. The van der Waals surface area contributed by atoms with Crippen molar-refractivity contribution in [2.75, 3.05) is 37.9 Å². The molecule has 2 fully saturated rings. The first-order valence-electron chi connectivity index (χ1n) is 23.9. The molecule has 15 nitrogen and oxygen atoms in total. The zero-order valence-electron chi connectivity index (χ0n) is 41.5. The van der Waals surface area contributed by atoms with Crippen LogP contribution in [0.2, 0.25) is 0 Å². The predicted octanol–water partition coefficient (Wildman–Crippen LogP) is 12.6. The van der Waals surface area contributed by atoms with Crippen molar-refractivity contribution >= 4 is 72.5 Å². The second-order valence-corrected chi connectivity index (χ2v) is 20.5. The summed E-state index contributed by atoms with van der Waals surface area (Å²) in [5, 5.41) is 15.4. The fraction of sp³-hybridized carbons (Fsp3) is 0.380. The number of benzene rings is 2. The lowest BCUT2D eigenvalue weighted by Crippen LogP contribution is -2.42. The second kappa shape index (κ2) is 20.1. The third-order valence-corrected chi connectivity index (χ3v) is 14.1. The highest BCUT2D eigenvalue weighted by atomic mass is 32.1. The van der Waals surface area contributed by atoms with Crippen LogP contribution in [-0.2, 0) is 4.74 Å². The molecule has 360 valence electrons. The van der Waals surface area contributed by atoms with Gasteiger partial charge in [-0.1, -0.05) is 19.3 Å². The van der Waals surface area contributed by atoms with Crippen LogP contribution in [0, 0.1) is 25.5 Å². The number of halogens is 2. The van der Waals surface area contributed by atoms with E-state index in [0.29, 0.717) is 68.3 Å². The minimum Gasteiger partial charge on any atom is -0.496 e.